The highest BCUT2D eigenvalue weighted by Crippen LogP contribution is 2.30. The highest BCUT2D eigenvalue weighted by Gasteiger charge is 2.40. The Kier molecular flexibility index (Phi) is 6.18. The Labute approximate surface area is 187 Å². The van der Waals surface area contributed by atoms with Gasteiger partial charge in [-0.05, 0) is 70.2 Å². The van der Waals surface area contributed by atoms with Crippen molar-refractivity contribution in [3.63, 3.8) is 0 Å². The van der Waals surface area contributed by atoms with Gasteiger partial charge in [0, 0.05) is 6.04 Å². The molecule has 1 heterocycles. The molecular weight excluding hydrogens is 467 g/mol. The number of imide groups is 2. The minimum absolute atomic E-state index is 0.0770. The number of carbonyl (C=O) groups excluding carboxylic acids is 3. The molecule has 2 aromatic carbocycles. The quantitative estimate of drug-likeness (QED) is 0.495. The molecule has 0 unspecified atom stereocenters. The maximum absolute atomic E-state index is 13.3. The van der Waals surface area contributed by atoms with Crippen LogP contribution in [0.25, 0.3) is 6.08 Å². The number of halogens is 2. The van der Waals surface area contributed by atoms with Gasteiger partial charge in [0.25, 0.3) is 11.8 Å². The van der Waals surface area contributed by atoms with Crippen LogP contribution in [0, 0.1) is 5.82 Å². The van der Waals surface area contributed by atoms with Crippen LogP contribution in [0.2, 0.25) is 0 Å². The monoisotopic (exact) mass is 486 g/mol. The molecule has 2 fully saturated rings. The van der Waals surface area contributed by atoms with Crippen molar-refractivity contribution in [1.82, 2.24) is 10.2 Å². The van der Waals surface area contributed by atoms with Crippen LogP contribution in [0.5, 0.6) is 5.75 Å². The zero-order valence-corrected chi connectivity index (χ0v) is 18.2. The summed E-state index contributed by atoms with van der Waals surface area (Å²) >= 11 is 3.43. The van der Waals surface area contributed by atoms with Gasteiger partial charge in [-0.15, -0.1) is 0 Å². The summed E-state index contributed by atoms with van der Waals surface area (Å²) < 4.78 is 19.7. The Balaban J connectivity index is 1.52. The Morgan fingerprint density at radius 1 is 1.13 bits per heavy atom. The number of hydrogen-bond acceptors (Lipinski definition) is 4. The van der Waals surface area contributed by atoms with Crippen LogP contribution in [0.3, 0.4) is 0 Å². The summed E-state index contributed by atoms with van der Waals surface area (Å²) in [6, 6.07) is 10.4. The normalized spacial score (nSPS) is 18.6. The second kappa shape index (κ2) is 9.01. The van der Waals surface area contributed by atoms with Crippen molar-refractivity contribution in [3.05, 3.63) is 69.5 Å². The molecule has 1 aliphatic carbocycles. The molecule has 1 saturated carbocycles. The molecule has 160 valence electrons. The third-order valence-electron chi connectivity index (χ3n) is 5.37. The molecule has 1 saturated heterocycles. The smallest absolute Gasteiger partial charge is 0.331 e. The molecule has 4 amide bonds. The molecule has 6 nitrogen and oxygen atoms in total. The van der Waals surface area contributed by atoms with E-state index in [-0.39, 0.29) is 24.0 Å². The number of nitrogens with one attached hydrogen (secondary N) is 1. The molecule has 2 aliphatic rings. The number of ether oxygens (including phenoxy) is 1. The van der Waals surface area contributed by atoms with Crippen molar-refractivity contribution in [2.75, 3.05) is 0 Å². The van der Waals surface area contributed by atoms with Gasteiger partial charge in [-0.1, -0.05) is 31.0 Å². The van der Waals surface area contributed by atoms with Crippen molar-refractivity contribution in [2.45, 2.75) is 38.3 Å². The molecule has 8 heteroatoms. The first kappa shape index (κ1) is 21.2. The standard InChI is InChI=1S/C23H20BrFN2O4/c24-19-12-14(8-9-20(19)31-13-15-4-3-5-16(25)10-15)11-18-21(28)26-23(30)27(22(18)29)17-6-1-2-7-17/h3-5,8-12,17H,1-2,6-7,13H2,(H,26,28,30)/b18-11+. The molecule has 2 aromatic rings. The van der Waals surface area contributed by atoms with Gasteiger partial charge < -0.3 is 4.74 Å². The van der Waals surface area contributed by atoms with Crippen molar-refractivity contribution in [3.8, 4) is 5.75 Å². The Morgan fingerprint density at radius 2 is 1.90 bits per heavy atom. The van der Waals surface area contributed by atoms with Crippen LogP contribution < -0.4 is 10.1 Å². The van der Waals surface area contributed by atoms with E-state index in [9.17, 15) is 18.8 Å². The number of carbonyl (C=O) groups is 3. The summed E-state index contributed by atoms with van der Waals surface area (Å²) in [5.74, 6) is -1.06. The SMILES string of the molecule is O=C1NC(=O)N(C2CCCC2)C(=O)/C1=C/c1ccc(OCc2cccc(F)c2)c(Br)c1. The van der Waals surface area contributed by atoms with Gasteiger partial charge in [-0.2, -0.15) is 0 Å². The molecule has 0 atom stereocenters. The summed E-state index contributed by atoms with van der Waals surface area (Å²) in [5, 5.41) is 2.27. The number of amides is 4. The lowest BCUT2D eigenvalue weighted by molar-refractivity contribution is -0.131. The topological polar surface area (TPSA) is 75.7 Å². The molecular formula is C23H20BrFN2O4. The fourth-order valence-corrected chi connectivity index (χ4v) is 4.35. The zero-order chi connectivity index (χ0) is 22.0. The maximum atomic E-state index is 13.3. The average Bonchev–Trinajstić information content (AvgIpc) is 3.25. The van der Waals surface area contributed by atoms with Crippen molar-refractivity contribution in [1.29, 1.82) is 0 Å². The zero-order valence-electron chi connectivity index (χ0n) is 16.6. The number of benzene rings is 2. The largest absolute Gasteiger partial charge is 0.488 e. The van der Waals surface area contributed by atoms with Crippen LogP contribution in [-0.4, -0.2) is 28.8 Å². The highest BCUT2D eigenvalue weighted by atomic mass is 79.9. The number of barbiturate groups is 1. The van der Waals surface area contributed by atoms with Gasteiger partial charge in [-0.3, -0.25) is 19.8 Å². The van der Waals surface area contributed by atoms with Gasteiger partial charge in [0.2, 0.25) is 0 Å². The van der Waals surface area contributed by atoms with E-state index in [2.05, 4.69) is 21.2 Å². The molecule has 31 heavy (non-hydrogen) atoms. The predicted molar refractivity (Wildman–Crippen MR) is 115 cm³/mol. The number of urea groups is 1. The Hall–Kier alpha value is -3.00. The molecule has 1 N–H and O–H groups in total. The van der Waals surface area contributed by atoms with Crippen LogP contribution in [0.4, 0.5) is 9.18 Å². The van der Waals surface area contributed by atoms with E-state index < -0.39 is 17.8 Å². The predicted octanol–water partition coefficient (Wildman–Crippen LogP) is 4.57. The number of rotatable bonds is 5. The minimum atomic E-state index is -0.702. The third kappa shape index (κ3) is 4.69. The minimum Gasteiger partial charge on any atom is -0.488 e. The Bertz CT molecular complexity index is 1080. The van der Waals surface area contributed by atoms with E-state index in [1.54, 1.807) is 30.3 Å². The van der Waals surface area contributed by atoms with Crippen molar-refractivity contribution >= 4 is 39.9 Å². The van der Waals surface area contributed by atoms with Gasteiger partial charge in [0.15, 0.2) is 0 Å². The van der Waals surface area contributed by atoms with Crippen LogP contribution in [-0.2, 0) is 16.2 Å². The first-order chi connectivity index (χ1) is 14.9. The van der Waals surface area contributed by atoms with E-state index in [1.165, 1.54) is 23.1 Å². The van der Waals surface area contributed by atoms with Crippen molar-refractivity contribution < 1.29 is 23.5 Å². The van der Waals surface area contributed by atoms with Crippen LogP contribution in [0.15, 0.2) is 52.5 Å². The fourth-order valence-electron chi connectivity index (χ4n) is 3.84. The lowest BCUT2D eigenvalue weighted by Gasteiger charge is -2.31. The molecule has 0 radical (unpaired) electrons. The van der Waals surface area contributed by atoms with E-state index in [0.717, 1.165) is 25.7 Å². The van der Waals surface area contributed by atoms with Gasteiger partial charge >= 0.3 is 6.03 Å². The van der Waals surface area contributed by atoms with Crippen LogP contribution >= 0.6 is 15.9 Å². The summed E-state index contributed by atoms with van der Waals surface area (Å²) in [5.41, 5.74) is 1.22. The van der Waals surface area contributed by atoms with E-state index in [4.69, 9.17) is 4.74 Å². The van der Waals surface area contributed by atoms with Crippen molar-refractivity contribution in [2.24, 2.45) is 0 Å². The fraction of sp³-hybridized carbons (Fsp3) is 0.261. The first-order valence-electron chi connectivity index (χ1n) is 10.00. The Morgan fingerprint density at radius 3 is 2.61 bits per heavy atom. The second-order valence-corrected chi connectivity index (χ2v) is 8.39. The maximum Gasteiger partial charge on any atom is 0.331 e. The van der Waals surface area contributed by atoms with Gasteiger partial charge in [0.1, 0.15) is 23.7 Å². The summed E-state index contributed by atoms with van der Waals surface area (Å²) in [6.45, 7) is 0.191. The summed E-state index contributed by atoms with van der Waals surface area (Å²) in [4.78, 5) is 38.6. The average molecular weight is 487 g/mol. The first-order valence-corrected chi connectivity index (χ1v) is 10.8. The van der Waals surface area contributed by atoms with Gasteiger partial charge in [0.05, 0.1) is 4.47 Å². The molecule has 4 rings (SSSR count). The molecule has 0 spiro atoms. The highest BCUT2D eigenvalue weighted by molar-refractivity contribution is 9.10. The lowest BCUT2D eigenvalue weighted by atomic mass is 10.1. The van der Waals surface area contributed by atoms with E-state index >= 15 is 0 Å². The van der Waals surface area contributed by atoms with E-state index in [1.807, 2.05) is 0 Å². The van der Waals surface area contributed by atoms with Gasteiger partial charge in [-0.25, -0.2) is 9.18 Å². The molecule has 0 bridgehead atoms. The van der Waals surface area contributed by atoms with Crippen LogP contribution in [0.1, 0.15) is 36.8 Å². The third-order valence-corrected chi connectivity index (χ3v) is 5.99. The lowest BCUT2D eigenvalue weighted by Crippen LogP contribution is -2.57. The second-order valence-electron chi connectivity index (χ2n) is 7.54. The van der Waals surface area contributed by atoms with E-state index in [0.29, 0.717) is 21.3 Å². The number of hydrogen-bond donors (Lipinski definition) is 1. The molecule has 0 aromatic heterocycles. The molecule has 1 aliphatic heterocycles. The summed E-state index contributed by atoms with van der Waals surface area (Å²) in [6.07, 6.45) is 4.89. The number of nitrogens with zero attached hydrogens (tertiary/aromatic N) is 1. The summed E-state index contributed by atoms with van der Waals surface area (Å²) in [7, 11) is 0.